The summed E-state index contributed by atoms with van der Waals surface area (Å²) in [7, 11) is 0. The third-order valence-corrected chi connectivity index (χ3v) is 3.67. The first kappa shape index (κ1) is 10.8. The lowest BCUT2D eigenvalue weighted by atomic mass is 9.93. The maximum atomic E-state index is 3.64. The van der Waals surface area contributed by atoms with Gasteiger partial charge in [-0.05, 0) is 36.9 Å². The van der Waals surface area contributed by atoms with Crippen LogP contribution in [0.5, 0.6) is 0 Å². The van der Waals surface area contributed by atoms with Crippen LogP contribution in [0.1, 0.15) is 37.6 Å². The largest absolute Gasteiger partial charge is 0.357 e. The lowest BCUT2D eigenvalue weighted by Crippen LogP contribution is -2.30. The minimum absolute atomic E-state index is 0.506. The van der Waals surface area contributed by atoms with Gasteiger partial charge in [-0.25, -0.2) is 0 Å². The van der Waals surface area contributed by atoms with Crippen molar-refractivity contribution in [3.8, 4) is 0 Å². The Kier molecular flexibility index (Phi) is 2.67. The zero-order valence-corrected chi connectivity index (χ0v) is 10.6. The quantitative estimate of drug-likeness (QED) is 0.810. The SMILES string of the molecule is CC(C)C[C@@H]1NCCc2c1[nH]c1ccccc21. The normalized spacial score (nSPS) is 19.8. The van der Waals surface area contributed by atoms with Gasteiger partial charge in [-0.2, -0.15) is 0 Å². The monoisotopic (exact) mass is 228 g/mol. The summed E-state index contributed by atoms with van der Waals surface area (Å²) in [6.45, 7) is 5.68. The molecule has 0 saturated carbocycles. The lowest BCUT2D eigenvalue weighted by molar-refractivity contribution is 0.409. The summed E-state index contributed by atoms with van der Waals surface area (Å²) >= 11 is 0. The maximum absolute atomic E-state index is 3.64. The number of aromatic amines is 1. The molecular weight excluding hydrogens is 208 g/mol. The summed E-state index contributed by atoms with van der Waals surface area (Å²) in [6, 6.07) is 9.17. The first-order valence-electron chi connectivity index (χ1n) is 6.58. The van der Waals surface area contributed by atoms with E-state index in [2.05, 4.69) is 48.4 Å². The third kappa shape index (κ3) is 1.87. The number of benzene rings is 1. The van der Waals surface area contributed by atoms with Crippen LogP contribution in [0.4, 0.5) is 0 Å². The first-order chi connectivity index (χ1) is 8.25. The molecule has 1 aromatic carbocycles. The number of fused-ring (bicyclic) bond motifs is 3. The number of nitrogens with one attached hydrogen (secondary N) is 2. The highest BCUT2D eigenvalue weighted by atomic mass is 15.0. The number of hydrogen-bond acceptors (Lipinski definition) is 1. The smallest absolute Gasteiger partial charge is 0.0478 e. The van der Waals surface area contributed by atoms with Crippen LogP contribution in [0, 0.1) is 5.92 Å². The first-order valence-corrected chi connectivity index (χ1v) is 6.58. The molecule has 1 atom stereocenters. The minimum Gasteiger partial charge on any atom is -0.357 e. The van der Waals surface area contributed by atoms with Crippen LogP contribution < -0.4 is 5.32 Å². The Morgan fingerprint density at radius 2 is 2.12 bits per heavy atom. The summed E-state index contributed by atoms with van der Waals surface area (Å²) in [5.41, 5.74) is 4.24. The number of para-hydroxylation sites is 1. The van der Waals surface area contributed by atoms with Crippen molar-refractivity contribution in [3.63, 3.8) is 0 Å². The van der Waals surface area contributed by atoms with Gasteiger partial charge in [-0.1, -0.05) is 32.0 Å². The molecule has 0 unspecified atom stereocenters. The Morgan fingerprint density at radius 3 is 2.94 bits per heavy atom. The van der Waals surface area contributed by atoms with Crippen LogP contribution in [0.15, 0.2) is 24.3 Å². The van der Waals surface area contributed by atoms with Crippen LogP contribution in [-0.2, 0) is 6.42 Å². The fraction of sp³-hybridized carbons (Fsp3) is 0.467. The molecule has 2 N–H and O–H groups in total. The minimum atomic E-state index is 0.506. The Balaban J connectivity index is 2.07. The molecule has 0 amide bonds. The summed E-state index contributed by atoms with van der Waals surface area (Å²) in [6.07, 6.45) is 2.35. The second kappa shape index (κ2) is 4.19. The topological polar surface area (TPSA) is 27.8 Å². The van der Waals surface area contributed by atoms with Crippen LogP contribution in [0.3, 0.4) is 0 Å². The number of hydrogen-bond donors (Lipinski definition) is 2. The predicted molar refractivity (Wildman–Crippen MR) is 72.2 cm³/mol. The molecule has 0 bridgehead atoms. The molecule has 0 spiro atoms. The van der Waals surface area contributed by atoms with E-state index >= 15 is 0 Å². The predicted octanol–water partition coefficient (Wildman–Crippen LogP) is 3.40. The molecule has 2 nitrogen and oxygen atoms in total. The van der Waals surface area contributed by atoms with E-state index in [0.717, 1.165) is 18.9 Å². The fourth-order valence-electron chi connectivity index (χ4n) is 2.93. The summed E-state index contributed by atoms with van der Waals surface area (Å²) < 4.78 is 0. The van der Waals surface area contributed by atoms with E-state index in [0.29, 0.717) is 6.04 Å². The molecule has 1 aromatic heterocycles. The van der Waals surface area contributed by atoms with Gasteiger partial charge in [-0.3, -0.25) is 0 Å². The number of rotatable bonds is 2. The molecule has 90 valence electrons. The van der Waals surface area contributed by atoms with E-state index in [1.54, 1.807) is 0 Å². The second-order valence-electron chi connectivity index (χ2n) is 5.45. The number of H-pyrrole nitrogens is 1. The van der Waals surface area contributed by atoms with Gasteiger partial charge in [0.2, 0.25) is 0 Å². The molecule has 0 fully saturated rings. The van der Waals surface area contributed by atoms with Crippen molar-refractivity contribution in [3.05, 3.63) is 35.5 Å². The molecule has 0 aliphatic carbocycles. The Morgan fingerprint density at radius 1 is 1.29 bits per heavy atom. The molecular formula is C15H20N2. The standard InChI is InChI=1S/C15H20N2/c1-10(2)9-14-15-12(7-8-16-14)11-5-3-4-6-13(11)17-15/h3-6,10,14,16-17H,7-9H2,1-2H3/t14-/m0/s1. The van der Waals surface area contributed by atoms with Gasteiger partial charge in [0, 0.05) is 22.6 Å². The maximum Gasteiger partial charge on any atom is 0.0478 e. The van der Waals surface area contributed by atoms with Gasteiger partial charge in [-0.15, -0.1) is 0 Å². The molecule has 2 heterocycles. The van der Waals surface area contributed by atoms with E-state index in [1.165, 1.54) is 28.6 Å². The average Bonchev–Trinajstić information content (AvgIpc) is 2.68. The van der Waals surface area contributed by atoms with Crippen molar-refractivity contribution in [2.45, 2.75) is 32.7 Å². The third-order valence-electron chi connectivity index (χ3n) is 3.67. The molecule has 17 heavy (non-hydrogen) atoms. The summed E-state index contributed by atoms with van der Waals surface area (Å²) in [4.78, 5) is 3.61. The van der Waals surface area contributed by atoms with Crippen LogP contribution >= 0.6 is 0 Å². The molecule has 2 aromatic rings. The van der Waals surface area contributed by atoms with E-state index in [-0.39, 0.29) is 0 Å². The highest BCUT2D eigenvalue weighted by Crippen LogP contribution is 2.32. The summed E-state index contributed by atoms with van der Waals surface area (Å²) in [5, 5.41) is 5.05. The van der Waals surface area contributed by atoms with Crippen LogP contribution in [0.2, 0.25) is 0 Å². The number of aromatic nitrogens is 1. The van der Waals surface area contributed by atoms with Crippen molar-refractivity contribution in [1.82, 2.24) is 10.3 Å². The van der Waals surface area contributed by atoms with E-state index in [9.17, 15) is 0 Å². The molecule has 2 heteroatoms. The van der Waals surface area contributed by atoms with E-state index in [4.69, 9.17) is 0 Å². The second-order valence-corrected chi connectivity index (χ2v) is 5.45. The Labute approximate surface area is 102 Å². The Hall–Kier alpha value is -1.28. The van der Waals surface area contributed by atoms with Gasteiger partial charge in [0.05, 0.1) is 0 Å². The Bertz CT molecular complexity index is 525. The zero-order chi connectivity index (χ0) is 11.8. The van der Waals surface area contributed by atoms with Crippen molar-refractivity contribution in [1.29, 1.82) is 0 Å². The van der Waals surface area contributed by atoms with Crippen molar-refractivity contribution >= 4 is 10.9 Å². The lowest BCUT2D eigenvalue weighted by Gasteiger charge is -2.25. The van der Waals surface area contributed by atoms with Crippen LogP contribution in [0.25, 0.3) is 10.9 Å². The van der Waals surface area contributed by atoms with Crippen LogP contribution in [-0.4, -0.2) is 11.5 Å². The van der Waals surface area contributed by atoms with Crippen molar-refractivity contribution in [2.24, 2.45) is 5.92 Å². The van der Waals surface area contributed by atoms with Crippen molar-refractivity contribution in [2.75, 3.05) is 6.54 Å². The highest BCUT2D eigenvalue weighted by Gasteiger charge is 2.23. The van der Waals surface area contributed by atoms with Gasteiger partial charge < -0.3 is 10.3 Å². The van der Waals surface area contributed by atoms with Gasteiger partial charge in [0.15, 0.2) is 0 Å². The zero-order valence-electron chi connectivity index (χ0n) is 10.6. The average molecular weight is 228 g/mol. The highest BCUT2D eigenvalue weighted by molar-refractivity contribution is 5.85. The molecule has 0 saturated heterocycles. The molecule has 0 radical (unpaired) electrons. The van der Waals surface area contributed by atoms with Crippen molar-refractivity contribution < 1.29 is 0 Å². The molecule has 3 rings (SSSR count). The van der Waals surface area contributed by atoms with Gasteiger partial charge >= 0.3 is 0 Å². The fourth-order valence-corrected chi connectivity index (χ4v) is 2.93. The molecule has 1 aliphatic heterocycles. The van der Waals surface area contributed by atoms with E-state index < -0.39 is 0 Å². The molecule has 1 aliphatic rings. The summed E-state index contributed by atoms with van der Waals surface area (Å²) in [5.74, 6) is 0.727. The van der Waals surface area contributed by atoms with E-state index in [1.807, 2.05) is 0 Å². The van der Waals surface area contributed by atoms with Gasteiger partial charge in [0.25, 0.3) is 0 Å². The van der Waals surface area contributed by atoms with Gasteiger partial charge in [0.1, 0.15) is 0 Å².